The third-order valence-electron chi connectivity index (χ3n) is 6.21. The molecule has 1 unspecified atom stereocenters. The predicted molar refractivity (Wildman–Crippen MR) is 132 cm³/mol. The van der Waals surface area contributed by atoms with E-state index in [0.717, 1.165) is 52.7 Å². The molecule has 0 saturated heterocycles. The van der Waals surface area contributed by atoms with Crippen molar-refractivity contribution in [3.8, 4) is 6.07 Å². The molecule has 1 aliphatic carbocycles. The molecular weight excluding hydrogens is 454 g/mol. The molecule has 0 radical (unpaired) electrons. The van der Waals surface area contributed by atoms with Crippen LogP contribution in [-0.2, 0) is 16.3 Å². The van der Waals surface area contributed by atoms with E-state index in [2.05, 4.69) is 23.2 Å². The Labute approximate surface area is 199 Å². The molecule has 33 heavy (non-hydrogen) atoms. The molecule has 168 valence electrons. The lowest BCUT2D eigenvalue weighted by atomic mass is 9.81. The Hall–Kier alpha value is -3.14. The van der Waals surface area contributed by atoms with E-state index in [1.165, 1.54) is 12.5 Å². The van der Waals surface area contributed by atoms with Crippen LogP contribution in [0.2, 0.25) is 5.02 Å². The molecule has 0 spiro atoms. The van der Waals surface area contributed by atoms with Crippen LogP contribution < -0.4 is 5.73 Å². The molecule has 2 N–H and O–H groups in total. The Morgan fingerprint density at radius 1 is 1.15 bits per heavy atom. The minimum Gasteiger partial charge on any atom is -0.396 e. The zero-order valence-corrected chi connectivity index (χ0v) is 20.0. The molecule has 7 heteroatoms. The number of halogens is 1. The molecule has 0 amide bonds. The number of pyridine rings is 1. The number of nitrogens with two attached hydrogens (primary N) is 1. The van der Waals surface area contributed by atoms with Crippen LogP contribution in [0.25, 0.3) is 5.57 Å². The maximum absolute atomic E-state index is 11.8. The van der Waals surface area contributed by atoms with Gasteiger partial charge in [-0.15, -0.1) is 0 Å². The fourth-order valence-corrected chi connectivity index (χ4v) is 5.19. The summed E-state index contributed by atoms with van der Waals surface area (Å²) in [6, 6.07) is 13.4. The average molecular weight is 478 g/mol. The molecule has 5 nitrogen and oxygen atoms in total. The summed E-state index contributed by atoms with van der Waals surface area (Å²) >= 11 is 6.58. The number of sulfone groups is 1. The summed E-state index contributed by atoms with van der Waals surface area (Å²) in [5.74, 6) is 0.200. The van der Waals surface area contributed by atoms with Gasteiger partial charge in [-0.1, -0.05) is 35.9 Å². The number of aromatic nitrogens is 1. The largest absolute Gasteiger partial charge is 0.396 e. The van der Waals surface area contributed by atoms with Gasteiger partial charge < -0.3 is 5.73 Å². The van der Waals surface area contributed by atoms with E-state index in [-0.39, 0.29) is 5.92 Å². The van der Waals surface area contributed by atoms with Crippen LogP contribution in [0.3, 0.4) is 0 Å². The van der Waals surface area contributed by atoms with Crippen LogP contribution in [0.1, 0.15) is 52.1 Å². The summed E-state index contributed by atoms with van der Waals surface area (Å²) in [7, 11) is -3.24. The fourth-order valence-electron chi connectivity index (χ4n) is 4.36. The van der Waals surface area contributed by atoms with Crippen molar-refractivity contribution in [3.05, 3.63) is 93.3 Å². The Kier molecular flexibility index (Phi) is 6.29. The lowest BCUT2D eigenvalue weighted by Gasteiger charge is -2.24. The fraction of sp³-hybridized carbons (Fsp3) is 0.231. The number of nitrogens with zero attached hydrogens (tertiary/aromatic N) is 2. The molecule has 3 aromatic rings. The van der Waals surface area contributed by atoms with Crippen molar-refractivity contribution in [1.82, 2.24) is 4.98 Å². The van der Waals surface area contributed by atoms with Crippen LogP contribution in [-0.4, -0.2) is 19.7 Å². The molecule has 1 atom stereocenters. The first-order chi connectivity index (χ1) is 15.7. The van der Waals surface area contributed by atoms with Gasteiger partial charge in [0, 0.05) is 18.0 Å². The number of fused-ring (bicyclic) bond motifs is 1. The van der Waals surface area contributed by atoms with Crippen molar-refractivity contribution in [2.45, 2.75) is 37.0 Å². The number of benzene rings is 2. The molecule has 1 aromatic heterocycles. The maximum Gasteiger partial charge on any atom is 0.175 e. The second-order valence-electron chi connectivity index (χ2n) is 8.46. The minimum absolute atomic E-state index is 0.200. The number of nitrogen functional groups attached to an aromatic ring is 1. The van der Waals surface area contributed by atoms with Crippen LogP contribution in [0.15, 0.2) is 59.8 Å². The summed E-state index contributed by atoms with van der Waals surface area (Å²) < 4.78 is 23.7. The first kappa shape index (κ1) is 23.0. The maximum atomic E-state index is 11.8. The van der Waals surface area contributed by atoms with E-state index in [4.69, 9.17) is 17.3 Å². The molecule has 1 heterocycles. The summed E-state index contributed by atoms with van der Waals surface area (Å²) in [5, 5.41) is 10.0. The zero-order valence-electron chi connectivity index (χ0n) is 18.5. The second kappa shape index (κ2) is 9.01. The van der Waals surface area contributed by atoms with E-state index in [9.17, 15) is 13.7 Å². The van der Waals surface area contributed by atoms with E-state index in [1.54, 1.807) is 18.3 Å². The first-order valence-electron chi connectivity index (χ1n) is 10.6. The van der Waals surface area contributed by atoms with Crippen molar-refractivity contribution >= 4 is 32.7 Å². The van der Waals surface area contributed by atoms with Gasteiger partial charge in [0.25, 0.3) is 0 Å². The molecule has 0 fully saturated rings. The molecule has 0 saturated carbocycles. The van der Waals surface area contributed by atoms with Gasteiger partial charge >= 0.3 is 0 Å². The van der Waals surface area contributed by atoms with Crippen LogP contribution >= 0.6 is 11.6 Å². The van der Waals surface area contributed by atoms with E-state index in [0.29, 0.717) is 21.2 Å². The third-order valence-corrected chi connectivity index (χ3v) is 7.76. The van der Waals surface area contributed by atoms with Crippen molar-refractivity contribution in [2.24, 2.45) is 0 Å². The zero-order chi connectivity index (χ0) is 23.8. The molecule has 4 rings (SSSR count). The predicted octanol–water partition coefficient (Wildman–Crippen LogP) is 5.45. The van der Waals surface area contributed by atoms with Crippen LogP contribution in [0.5, 0.6) is 0 Å². The summed E-state index contributed by atoms with van der Waals surface area (Å²) in [4.78, 5) is 4.56. The Balaban J connectivity index is 1.83. The quantitative estimate of drug-likeness (QED) is 0.540. The van der Waals surface area contributed by atoms with Gasteiger partial charge in [-0.3, -0.25) is 4.98 Å². The number of aryl methyl sites for hydroxylation is 2. The summed E-state index contributed by atoms with van der Waals surface area (Å²) in [6.07, 6.45) is 9.01. The molecule has 1 aliphatic rings. The van der Waals surface area contributed by atoms with E-state index in [1.807, 2.05) is 25.1 Å². The Bertz CT molecular complexity index is 1400. The smallest absolute Gasteiger partial charge is 0.175 e. The highest BCUT2D eigenvalue weighted by Crippen LogP contribution is 2.39. The van der Waals surface area contributed by atoms with E-state index < -0.39 is 9.84 Å². The minimum atomic E-state index is -3.24. The molecule has 0 bridgehead atoms. The highest BCUT2D eigenvalue weighted by Gasteiger charge is 2.22. The van der Waals surface area contributed by atoms with Gasteiger partial charge in [0.2, 0.25) is 0 Å². The topological polar surface area (TPSA) is 96.8 Å². The lowest BCUT2D eigenvalue weighted by molar-refractivity contribution is 0.601. The van der Waals surface area contributed by atoms with E-state index >= 15 is 0 Å². The van der Waals surface area contributed by atoms with Gasteiger partial charge in [-0.05, 0) is 78.1 Å². The number of allylic oxidation sites excluding steroid dienone is 1. The van der Waals surface area contributed by atoms with Gasteiger partial charge in [0.15, 0.2) is 9.84 Å². The molecule has 2 aromatic carbocycles. The normalized spacial score (nSPS) is 16.2. The molecule has 0 aliphatic heterocycles. The van der Waals surface area contributed by atoms with Gasteiger partial charge in [0.05, 0.1) is 33.4 Å². The van der Waals surface area contributed by atoms with Crippen molar-refractivity contribution in [1.29, 1.82) is 5.26 Å². The Morgan fingerprint density at radius 3 is 2.55 bits per heavy atom. The van der Waals surface area contributed by atoms with Crippen molar-refractivity contribution in [3.63, 3.8) is 0 Å². The van der Waals surface area contributed by atoms with Gasteiger partial charge in [-0.25, -0.2) is 8.42 Å². The third kappa shape index (κ3) is 4.66. The second-order valence-corrected chi connectivity index (χ2v) is 10.9. The average Bonchev–Trinajstić information content (AvgIpc) is 2.77. The van der Waals surface area contributed by atoms with Gasteiger partial charge in [-0.2, -0.15) is 5.26 Å². The van der Waals surface area contributed by atoms with Gasteiger partial charge in [0.1, 0.15) is 0 Å². The first-order valence-corrected chi connectivity index (χ1v) is 12.9. The highest BCUT2D eigenvalue weighted by atomic mass is 35.5. The monoisotopic (exact) mass is 477 g/mol. The van der Waals surface area contributed by atoms with Crippen molar-refractivity contribution < 1.29 is 8.42 Å². The lowest BCUT2D eigenvalue weighted by Crippen LogP contribution is -2.08. The summed E-state index contributed by atoms with van der Waals surface area (Å²) in [6.45, 7) is 1.94. The number of hydrogen-bond donors (Lipinski definition) is 1. The number of rotatable bonds is 3. The van der Waals surface area contributed by atoms with Crippen LogP contribution in [0, 0.1) is 18.3 Å². The SMILES string of the molecule is Cc1cc2c(cc1C#N)C(c1cncc(N)c1Cl)=CCC(c1ccc(S(C)(=O)=O)cc1)CC2. The Morgan fingerprint density at radius 2 is 1.88 bits per heavy atom. The van der Waals surface area contributed by atoms with Crippen LogP contribution in [0.4, 0.5) is 5.69 Å². The number of anilines is 1. The highest BCUT2D eigenvalue weighted by molar-refractivity contribution is 7.90. The number of hydrogen-bond acceptors (Lipinski definition) is 5. The van der Waals surface area contributed by atoms with Crippen molar-refractivity contribution in [2.75, 3.05) is 12.0 Å². The summed E-state index contributed by atoms with van der Waals surface area (Å²) in [5.41, 5.74) is 12.8. The standard InChI is InChI=1S/C26H24ClN3O2S/c1-16-11-19-4-3-17(18-5-8-21(9-6-18)33(2,31)32)7-10-22(23(19)12-20(16)13-28)24-14-30-15-25(29)26(24)27/h5-6,8-12,14-15,17H,3-4,7,29H2,1-2H3. The molecular formula is C26H24ClN3O2S. The number of nitriles is 1.